The van der Waals surface area contributed by atoms with E-state index in [1.54, 1.807) is 0 Å². The Labute approximate surface area is 102 Å². The highest BCUT2D eigenvalue weighted by Gasteiger charge is 2.40. The van der Waals surface area contributed by atoms with Crippen molar-refractivity contribution in [2.75, 3.05) is 18.5 Å². The van der Waals surface area contributed by atoms with Gasteiger partial charge in [0.2, 0.25) is 0 Å². The molecular formula is C14H17N3. The molecule has 3 nitrogen and oxygen atoms in total. The van der Waals surface area contributed by atoms with Gasteiger partial charge in [-0.05, 0) is 44.0 Å². The summed E-state index contributed by atoms with van der Waals surface area (Å²) >= 11 is 0. The fourth-order valence-electron chi connectivity index (χ4n) is 3.51. The van der Waals surface area contributed by atoms with E-state index in [1.807, 2.05) is 0 Å². The maximum Gasteiger partial charge on any atom is 0.0594 e. The van der Waals surface area contributed by atoms with Crippen molar-refractivity contribution in [2.24, 2.45) is 11.0 Å². The summed E-state index contributed by atoms with van der Waals surface area (Å²) < 4.78 is 0. The third-order valence-corrected chi connectivity index (χ3v) is 4.47. The molecule has 3 saturated heterocycles. The zero-order valence-electron chi connectivity index (χ0n) is 9.89. The lowest BCUT2D eigenvalue weighted by Crippen LogP contribution is -2.56. The minimum atomic E-state index is 0.554. The van der Waals surface area contributed by atoms with Gasteiger partial charge in [-0.2, -0.15) is 5.10 Å². The van der Waals surface area contributed by atoms with Gasteiger partial charge in [-0.1, -0.05) is 18.2 Å². The Kier molecular flexibility index (Phi) is 2.03. The summed E-state index contributed by atoms with van der Waals surface area (Å²) in [4.78, 5) is 2.61. The highest BCUT2D eigenvalue weighted by atomic mass is 15.3. The molecule has 88 valence electrons. The molecular weight excluding hydrogens is 210 g/mol. The maximum absolute atomic E-state index is 4.69. The van der Waals surface area contributed by atoms with Crippen molar-refractivity contribution in [3.63, 3.8) is 0 Å². The van der Waals surface area contributed by atoms with Crippen LogP contribution in [0.5, 0.6) is 0 Å². The van der Waals surface area contributed by atoms with Crippen molar-refractivity contribution in [1.82, 2.24) is 4.90 Å². The van der Waals surface area contributed by atoms with Gasteiger partial charge in [-0.25, -0.2) is 0 Å². The molecule has 4 heterocycles. The van der Waals surface area contributed by atoms with Crippen LogP contribution in [0, 0.1) is 5.92 Å². The minimum absolute atomic E-state index is 0.554. The molecule has 1 unspecified atom stereocenters. The number of nitrogens with one attached hydrogen (secondary N) is 1. The number of hydrazone groups is 1. The fourth-order valence-corrected chi connectivity index (χ4v) is 3.51. The Morgan fingerprint density at radius 3 is 2.88 bits per heavy atom. The summed E-state index contributed by atoms with van der Waals surface area (Å²) in [5, 5.41) is 4.69. The van der Waals surface area contributed by atoms with Gasteiger partial charge in [0.25, 0.3) is 0 Å². The topological polar surface area (TPSA) is 27.6 Å². The first kappa shape index (κ1) is 9.66. The smallest absolute Gasteiger partial charge is 0.0594 e. The third-order valence-electron chi connectivity index (χ3n) is 4.47. The number of nitrogens with zero attached hydrogens (tertiary/aromatic N) is 2. The molecule has 0 saturated carbocycles. The van der Waals surface area contributed by atoms with Crippen molar-refractivity contribution >= 4 is 11.4 Å². The summed E-state index contributed by atoms with van der Waals surface area (Å²) in [5.74, 6) is 0.729. The van der Waals surface area contributed by atoms with Gasteiger partial charge in [0, 0.05) is 5.92 Å². The van der Waals surface area contributed by atoms with E-state index < -0.39 is 0 Å². The lowest BCUT2D eigenvalue weighted by molar-refractivity contribution is 0.145. The molecule has 1 N–H and O–H groups in total. The number of anilines is 1. The van der Waals surface area contributed by atoms with E-state index in [4.69, 9.17) is 5.10 Å². The molecule has 1 aromatic rings. The van der Waals surface area contributed by atoms with Crippen molar-refractivity contribution in [3.8, 4) is 0 Å². The van der Waals surface area contributed by atoms with Gasteiger partial charge >= 0.3 is 0 Å². The van der Waals surface area contributed by atoms with Crippen molar-refractivity contribution in [2.45, 2.75) is 25.3 Å². The van der Waals surface area contributed by atoms with Crippen LogP contribution in [0.15, 0.2) is 29.4 Å². The summed E-state index contributed by atoms with van der Waals surface area (Å²) in [6.07, 6.45) is 3.72. The lowest BCUT2D eigenvalue weighted by atomic mass is 9.79. The van der Waals surface area contributed by atoms with Crippen LogP contribution < -0.4 is 5.43 Å². The minimum Gasteiger partial charge on any atom is -0.295 e. The maximum atomic E-state index is 4.69. The Balaban J connectivity index is 1.77. The Bertz CT molecular complexity index is 472. The number of para-hydroxylation sites is 1. The second-order valence-corrected chi connectivity index (χ2v) is 5.34. The molecule has 1 atom stereocenters. The summed E-state index contributed by atoms with van der Waals surface area (Å²) in [6, 6.07) is 9.12. The number of benzene rings is 1. The van der Waals surface area contributed by atoms with E-state index in [1.165, 1.54) is 42.9 Å². The highest BCUT2D eigenvalue weighted by Crippen LogP contribution is 2.34. The molecule has 0 aromatic heterocycles. The Morgan fingerprint density at radius 1 is 1.18 bits per heavy atom. The van der Waals surface area contributed by atoms with Crippen molar-refractivity contribution < 1.29 is 0 Å². The molecule has 0 spiro atoms. The van der Waals surface area contributed by atoms with E-state index in [9.17, 15) is 0 Å². The van der Waals surface area contributed by atoms with Crippen LogP contribution in [0.2, 0.25) is 0 Å². The van der Waals surface area contributed by atoms with Crippen molar-refractivity contribution in [1.29, 1.82) is 0 Å². The predicted octanol–water partition coefficient (Wildman–Crippen LogP) is 2.10. The first-order valence-electron chi connectivity index (χ1n) is 6.57. The van der Waals surface area contributed by atoms with Crippen LogP contribution >= 0.6 is 0 Å². The molecule has 1 aromatic carbocycles. The first-order chi connectivity index (χ1) is 8.42. The number of hydrogen-bond acceptors (Lipinski definition) is 3. The second-order valence-electron chi connectivity index (χ2n) is 5.34. The van der Waals surface area contributed by atoms with Crippen molar-refractivity contribution in [3.05, 3.63) is 29.8 Å². The van der Waals surface area contributed by atoms with E-state index in [0.29, 0.717) is 6.04 Å². The number of piperidine rings is 3. The molecule has 17 heavy (non-hydrogen) atoms. The van der Waals surface area contributed by atoms with Crippen LogP contribution in [0.3, 0.4) is 0 Å². The molecule has 0 radical (unpaired) electrons. The molecule has 0 amide bonds. The molecule has 3 heteroatoms. The van der Waals surface area contributed by atoms with Gasteiger partial charge in [-0.3, -0.25) is 10.3 Å². The predicted molar refractivity (Wildman–Crippen MR) is 69.3 cm³/mol. The van der Waals surface area contributed by atoms with E-state index in [2.05, 4.69) is 34.6 Å². The van der Waals surface area contributed by atoms with E-state index in [0.717, 1.165) is 12.3 Å². The van der Waals surface area contributed by atoms with Crippen LogP contribution in [0.4, 0.5) is 5.69 Å². The van der Waals surface area contributed by atoms with Crippen LogP contribution in [0.1, 0.15) is 18.4 Å². The number of hydrogen-bond donors (Lipinski definition) is 1. The zero-order chi connectivity index (χ0) is 11.2. The molecule has 0 aliphatic carbocycles. The fraction of sp³-hybridized carbons (Fsp3) is 0.500. The normalized spacial score (nSPS) is 34.1. The zero-order valence-corrected chi connectivity index (χ0v) is 9.89. The molecule has 3 fully saturated rings. The summed E-state index contributed by atoms with van der Waals surface area (Å²) in [6.45, 7) is 2.52. The van der Waals surface area contributed by atoms with Crippen LogP contribution in [-0.4, -0.2) is 29.7 Å². The SMILES string of the molecule is c1ccc2c(c1)CC1C(=NN2)C2CCN1CC2. The Morgan fingerprint density at radius 2 is 2.00 bits per heavy atom. The standard InChI is InChI=1S/C14H17N3/c1-2-4-12-11(3-1)9-13-14(16-15-12)10-5-7-17(13)8-6-10/h1-4,10,13,15H,5-9H2. The number of fused-ring (bicyclic) bond motifs is 3. The monoisotopic (exact) mass is 227 g/mol. The molecule has 4 aliphatic heterocycles. The highest BCUT2D eigenvalue weighted by molar-refractivity contribution is 5.94. The van der Waals surface area contributed by atoms with E-state index in [-0.39, 0.29) is 0 Å². The van der Waals surface area contributed by atoms with Crippen LogP contribution in [-0.2, 0) is 6.42 Å². The Hall–Kier alpha value is -1.35. The summed E-state index contributed by atoms with van der Waals surface area (Å²) in [7, 11) is 0. The lowest BCUT2D eigenvalue weighted by Gasteiger charge is -2.45. The third kappa shape index (κ3) is 1.42. The first-order valence-corrected chi connectivity index (χ1v) is 6.57. The second kappa shape index (κ2) is 3.57. The molecule has 4 aliphatic rings. The average molecular weight is 227 g/mol. The number of rotatable bonds is 0. The quantitative estimate of drug-likeness (QED) is 0.735. The molecule has 5 rings (SSSR count). The molecule has 2 bridgehead atoms. The largest absolute Gasteiger partial charge is 0.295 e. The summed E-state index contributed by atoms with van der Waals surface area (Å²) in [5.41, 5.74) is 7.27. The van der Waals surface area contributed by atoms with Gasteiger partial charge in [0.05, 0.1) is 17.4 Å². The van der Waals surface area contributed by atoms with Gasteiger partial charge < -0.3 is 0 Å². The van der Waals surface area contributed by atoms with Crippen LogP contribution in [0.25, 0.3) is 0 Å². The van der Waals surface area contributed by atoms with Gasteiger partial charge in [-0.15, -0.1) is 0 Å². The van der Waals surface area contributed by atoms with E-state index >= 15 is 0 Å². The van der Waals surface area contributed by atoms with Gasteiger partial charge in [0.1, 0.15) is 0 Å². The van der Waals surface area contributed by atoms with Gasteiger partial charge in [0.15, 0.2) is 0 Å². The average Bonchev–Trinajstić information content (AvgIpc) is 2.60.